The van der Waals surface area contributed by atoms with Gasteiger partial charge in [0.25, 0.3) is 0 Å². The molecule has 0 aromatic rings. The summed E-state index contributed by atoms with van der Waals surface area (Å²) in [6.45, 7) is 9.06. The fourth-order valence-corrected chi connectivity index (χ4v) is 3.86. The Morgan fingerprint density at radius 1 is 1.41 bits per heavy atom. The van der Waals surface area contributed by atoms with E-state index in [9.17, 15) is 4.79 Å². The Bertz CT molecular complexity index is 339. The van der Waals surface area contributed by atoms with Crippen LogP contribution in [0.2, 0.25) is 0 Å². The summed E-state index contributed by atoms with van der Waals surface area (Å²) >= 11 is 0. The Labute approximate surface area is 106 Å². The van der Waals surface area contributed by atoms with Gasteiger partial charge in [0.05, 0.1) is 0 Å². The molecule has 3 atom stereocenters. The monoisotopic (exact) mass is 234 g/mol. The average Bonchev–Trinajstić information content (AvgIpc) is 2.57. The molecule has 1 saturated carbocycles. The van der Waals surface area contributed by atoms with Crippen LogP contribution in [0.3, 0.4) is 0 Å². The molecule has 0 saturated heterocycles. The lowest BCUT2D eigenvalue weighted by atomic mass is 9.71. The maximum Gasteiger partial charge on any atom is 0.139 e. The van der Waals surface area contributed by atoms with E-state index in [-0.39, 0.29) is 5.41 Å². The van der Waals surface area contributed by atoms with Crippen molar-refractivity contribution in [2.24, 2.45) is 23.2 Å². The number of hydrogen-bond acceptors (Lipinski definition) is 1. The van der Waals surface area contributed by atoms with E-state index in [4.69, 9.17) is 0 Å². The van der Waals surface area contributed by atoms with Gasteiger partial charge in [-0.25, -0.2) is 0 Å². The van der Waals surface area contributed by atoms with Gasteiger partial charge >= 0.3 is 0 Å². The second-order valence-electron chi connectivity index (χ2n) is 6.49. The lowest BCUT2D eigenvalue weighted by molar-refractivity contribution is -0.129. The van der Waals surface area contributed by atoms with Gasteiger partial charge in [0.15, 0.2) is 0 Å². The summed E-state index contributed by atoms with van der Waals surface area (Å²) < 4.78 is 0. The van der Waals surface area contributed by atoms with Crippen molar-refractivity contribution < 1.29 is 4.79 Å². The van der Waals surface area contributed by atoms with Gasteiger partial charge in [0.1, 0.15) is 5.78 Å². The molecule has 0 bridgehead atoms. The van der Waals surface area contributed by atoms with Crippen LogP contribution in [-0.2, 0) is 4.79 Å². The summed E-state index contributed by atoms with van der Waals surface area (Å²) in [6.07, 6.45) is 7.71. The smallest absolute Gasteiger partial charge is 0.139 e. The molecule has 17 heavy (non-hydrogen) atoms. The second kappa shape index (κ2) is 4.59. The molecule has 0 aromatic carbocycles. The van der Waals surface area contributed by atoms with Crippen LogP contribution >= 0.6 is 0 Å². The number of hydrogen-bond donors (Lipinski definition) is 0. The number of fused-ring (bicyclic) bond motifs is 1. The van der Waals surface area contributed by atoms with Crippen molar-refractivity contribution in [3.05, 3.63) is 11.6 Å². The average molecular weight is 234 g/mol. The SMILES string of the molecule is CCC1=C[C@@H]2[C@@H](C(C)C)CC[C@]2(C)C(=O)CC1. The summed E-state index contributed by atoms with van der Waals surface area (Å²) in [5.74, 6) is 2.43. The van der Waals surface area contributed by atoms with Crippen LogP contribution < -0.4 is 0 Å². The van der Waals surface area contributed by atoms with Crippen LogP contribution in [0.5, 0.6) is 0 Å². The van der Waals surface area contributed by atoms with Gasteiger partial charge in [-0.15, -0.1) is 0 Å². The first-order valence-corrected chi connectivity index (χ1v) is 7.22. The first-order valence-electron chi connectivity index (χ1n) is 7.22. The largest absolute Gasteiger partial charge is 0.299 e. The number of Topliss-reactive ketones (excluding diaryl/α,β-unsaturated/α-hetero) is 1. The highest BCUT2D eigenvalue weighted by Crippen LogP contribution is 2.53. The number of carbonyl (C=O) groups is 1. The number of ketones is 1. The van der Waals surface area contributed by atoms with Crippen LogP contribution in [0.15, 0.2) is 11.6 Å². The Morgan fingerprint density at radius 3 is 2.71 bits per heavy atom. The number of allylic oxidation sites excluding steroid dienone is 2. The minimum atomic E-state index is -0.0497. The van der Waals surface area contributed by atoms with Crippen LogP contribution in [-0.4, -0.2) is 5.78 Å². The molecule has 0 heterocycles. The third-order valence-electron chi connectivity index (χ3n) is 5.23. The zero-order chi connectivity index (χ0) is 12.6. The zero-order valence-corrected chi connectivity index (χ0v) is 11.8. The quantitative estimate of drug-likeness (QED) is 0.648. The molecule has 0 aromatic heterocycles. The summed E-state index contributed by atoms with van der Waals surface area (Å²) in [4.78, 5) is 12.4. The van der Waals surface area contributed by atoms with E-state index in [0.717, 1.165) is 25.7 Å². The molecule has 0 unspecified atom stereocenters. The highest BCUT2D eigenvalue weighted by Gasteiger charge is 2.49. The fourth-order valence-electron chi connectivity index (χ4n) is 3.86. The zero-order valence-electron chi connectivity index (χ0n) is 11.8. The molecule has 2 rings (SSSR count). The van der Waals surface area contributed by atoms with Crippen LogP contribution in [0.1, 0.15) is 59.8 Å². The van der Waals surface area contributed by atoms with Crippen molar-refractivity contribution in [3.63, 3.8) is 0 Å². The lowest BCUT2D eigenvalue weighted by Crippen LogP contribution is -2.32. The third-order valence-corrected chi connectivity index (χ3v) is 5.23. The highest BCUT2D eigenvalue weighted by atomic mass is 16.1. The first-order chi connectivity index (χ1) is 7.99. The van der Waals surface area contributed by atoms with Crippen molar-refractivity contribution in [2.75, 3.05) is 0 Å². The maximum absolute atomic E-state index is 12.4. The molecule has 0 spiro atoms. The van der Waals surface area contributed by atoms with Crippen molar-refractivity contribution >= 4 is 5.78 Å². The number of rotatable bonds is 2. The van der Waals surface area contributed by atoms with Crippen LogP contribution in [0.25, 0.3) is 0 Å². The molecule has 0 aliphatic heterocycles. The molecular formula is C16H26O. The minimum absolute atomic E-state index is 0.0497. The Hall–Kier alpha value is -0.590. The van der Waals surface area contributed by atoms with Crippen molar-refractivity contribution in [1.29, 1.82) is 0 Å². The molecule has 1 heteroatoms. The van der Waals surface area contributed by atoms with E-state index >= 15 is 0 Å². The Balaban J connectivity index is 2.37. The minimum Gasteiger partial charge on any atom is -0.299 e. The summed E-state index contributed by atoms with van der Waals surface area (Å²) in [7, 11) is 0. The molecule has 0 N–H and O–H groups in total. The van der Waals surface area contributed by atoms with E-state index < -0.39 is 0 Å². The van der Waals surface area contributed by atoms with E-state index in [0.29, 0.717) is 23.5 Å². The van der Waals surface area contributed by atoms with Gasteiger partial charge in [-0.1, -0.05) is 39.3 Å². The topological polar surface area (TPSA) is 17.1 Å². The maximum atomic E-state index is 12.4. The molecule has 1 fully saturated rings. The Kier molecular flexibility index (Phi) is 3.47. The van der Waals surface area contributed by atoms with Gasteiger partial charge in [-0.05, 0) is 43.4 Å². The fraction of sp³-hybridized carbons (Fsp3) is 0.812. The van der Waals surface area contributed by atoms with Crippen molar-refractivity contribution in [2.45, 2.75) is 59.8 Å². The molecule has 2 aliphatic rings. The van der Waals surface area contributed by atoms with Crippen LogP contribution in [0, 0.1) is 23.2 Å². The molecule has 0 amide bonds. The first kappa shape index (κ1) is 12.9. The standard InChI is InChI=1S/C16H26O/c1-5-12-6-7-15(17)16(4)9-8-13(11(2)3)14(16)10-12/h10-11,13-14H,5-9H2,1-4H3/t13-,14-,16+/m1/s1. The van der Waals surface area contributed by atoms with Crippen molar-refractivity contribution in [3.8, 4) is 0 Å². The van der Waals surface area contributed by atoms with Gasteiger partial charge in [0.2, 0.25) is 0 Å². The molecule has 0 radical (unpaired) electrons. The molecule has 96 valence electrons. The Morgan fingerprint density at radius 2 is 2.12 bits per heavy atom. The number of carbonyl (C=O) groups excluding carboxylic acids is 1. The molecule has 2 aliphatic carbocycles. The summed E-state index contributed by atoms with van der Waals surface area (Å²) in [6, 6.07) is 0. The normalized spacial score (nSPS) is 37.9. The van der Waals surface area contributed by atoms with Gasteiger partial charge in [0, 0.05) is 11.8 Å². The lowest BCUT2D eigenvalue weighted by Gasteiger charge is -2.31. The van der Waals surface area contributed by atoms with E-state index in [1.807, 2.05) is 0 Å². The molecular weight excluding hydrogens is 208 g/mol. The predicted molar refractivity (Wildman–Crippen MR) is 71.8 cm³/mol. The van der Waals surface area contributed by atoms with Gasteiger partial charge in [-0.2, -0.15) is 0 Å². The van der Waals surface area contributed by atoms with Gasteiger partial charge < -0.3 is 0 Å². The van der Waals surface area contributed by atoms with E-state index in [1.54, 1.807) is 0 Å². The highest BCUT2D eigenvalue weighted by molar-refractivity contribution is 5.86. The molecule has 1 nitrogen and oxygen atoms in total. The summed E-state index contributed by atoms with van der Waals surface area (Å²) in [5.41, 5.74) is 1.46. The van der Waals surface area contributed by atoms with E-state index in [2.05, 4.69) is 33.8 Å². The van der Waals surface area contributed by atoms with E-state index in [1.165, 1.54) is 12.0 Å². The second-order valence-corrected chi connectivity index (χ2v) is 6.49. The van der Waals surface area contributed by atoms with Crippen molar-refractivity contribution in [1.82, 2.24) is 0 Å². The van der Waals surface area contributed by atoms with Gasteiger partial charge in [-0.3, -0.25) is 4.79 Å². The summed E-state index contributed by atoms with van der Waals surface area (Å²) in [5, 5.41) is 0. The third kappa shape index (κ3) is 2.09. The predicted octanol–water partition coefficient (Wildman–Crippen LogP) is 4.37. The van der Waals surface area contributed by atoms with Crippen LogP contribution in [0.4, 0.5) is 0 Å².